The highest BCUT2D eigenvalue weighted by Crippen LogP contribution is 2.21. The third-order valence-corrected chi connectivity index (χ3v) is 2.73. The number of hydrogen-bond donors (Lipinski definition) is 1. The summed E-state index contributed by atoms with van der Waals surface area (Å²) in [6.07, 6.45) is 3.24. The lowest BCUT2D eigenvalue weighted by atomic mass is 9.99. The Labute approximate surface area is 84.7 Å². The van der Waals surface area contributed by atoms with E-state index in [0.717, 1.165) is 13.2 Å². The molecule has 0 aromatic carbocycles. The van der Waals surface area contributed by atoms with Gasteiger partial charge in [-0.3, -0.25) is 9.69 Å². The van der Waals surface area contributed by atoms with Gasteiger partial charge in [0.1, 0.15) is 0 Å². The summed E-state index contributed by atoms with van der Waals surface area (Å²) >= 11 is 0. The van der Waals surface area contributed by atoms with Gasteiger partial charge in [-0.2, -0.15) is 0 Å². The highest BCUT2D eigenvalue weighted by atomic mass is 16.5. The summed E-state index contributed by atoms with van der Waals surface area (Å²) in [6, 6.07) is 0.447. The SMILES string of the molecule is CN(C1COC1)C(C)(C)C=CC(N)=O. The molecule has 0 bridgehead atoms. The predicted molar refractivity (Wildman–Crippen MR) is 54.8 cm³/mol. The minimum Gasteiger partial charge on any atom is -0.378 e. The second kappa shape index (κ2) is 4.11. The van der Waals surface area contributed by atoms with E-state index in [0.29, 0.717) is 6.04 Å². The Kier molecular flexibility index (Phi) is 3.29. The number of carbonyl (C=O) groups is 1. The second-order valence-corrected chi connectivity index (χ2v) is 4.19. The fourth-order valence-corrected chi connectivity index (χ4v) is 1.32. The lowest BCUT2D eigenvalue weighted by Gasteiger charge is -2.43. The molecule has 0 aromatic rings. The highest BCUT2D eigenvalue weighted by molar-refractivity contribution is 5.85. The molecule has 4 nitrogen and oxygen atoms in total. The molecule has 4 heteroatoms. The summed E-state index contributed by atoms with van der Waals surface area (Å²) in [5, 5.41) is 0. The minimum atomic E-state index is -0.406. The Morgan fingerprint density at radius 1 is 1.57 bits per heavy atom. The number of nitrogens with zero attached hydrogens (tertiary/aromatic N) is 1. The van der Waals surface area contributed by atoms with Crippen LogP contribution in [0.1, 0.15) is 13.8 Å². The first-order valence-corrected chi connectivity index (χ1v) is 4.73. The Bertz CT molecular complexity index is 245. The molecule has 1 fully saturated rings. The van der Waals surface area contributed by atoms with Crippen LogP contribution in [-0.4, -0.2) is 42.6 Å². The molecule has 0 atom stereocenters. The van der Waals surface area contributed by atoms with Gasteiger partial charge >= 0.3 is 0 Å². The van der Waals surface area contributed by atoms with E-state index in [1.54, 1.807) is 0 Å². The van der Waals surface area contributed by atoms with Gasteiger partial charge in [-0.05, 0) is 20.9 Å². The van der Waals surface area contributed by atoms with Crippen molar-refractivity contribution >= 4 is 5.91 Å². The van der Waals surface area contributed by atoms with Crippen molar-refractivity contribution in [3.05, 3.63) is 12.2 Å². The van der Waals surface area contributed by atoms with Crippen molar-refractivity contribution in [2.24, 2.45) is 5.73 Å². The van der Waals surface area contributed by atoms with Gasteiger partial charge in [-0.25, -0.2) is 0 Å². The van der Waals surface area contributed by atoms with Gasteiger partial charge in [0.05, 0.1) is 19.3 Å². The number of ether oxygens (including phenoxy) is 1. The molecule has 0 unspecified atom stereocenters. The summed E-state index contributed by atoms with van der Waals surface area (Å²) < 4.78 is 5.12. The quantitative estimate of drug-likeness (QED) is 0.654. The molecular formula is C10H18N2O2. The molecule has 80 valence electrons. The minimum absolute atomic E-state index is 0.163. The topological polar surface area (TPSA) is 55.6 Å². The van der Waals surface area contributed by atoms with Crippen molar-refractivity contribution in [1.29, 1.82) is 0 Å². The lowest BCUT2D eigenvalue weighted by Crippen LogP contribution is -2.55. The lowest BCUT2D eigenvalue weighted by molar-refractivity contribution is -0.113. The van der Waals surface area contributed by atoms with Crippen LogP contribution >= 0.6 is 0 Å². The molecule has 0 spiro atoms. The van der Waals surface area contributed by atoms with Crippen LogP contribution in [0.25, 0.3) is 0 Å². The molecular weight excluding hydrogens is 180 g/mol. The van der Waals surface area contributed by atoms with Crippen molar-refractivity contribution in [1.82, 2.24) is 4.90 Å². The van der Waals surface area contributed by atoms with Crippen molar-refractivity contribution < 1.29 is 9.53 Å². The van der Waals surface area contributed by atoms with E-state index in [4.69, 9.17) is 10.5 Å². The predicted octanol–water partition coefficient (Wildman–Crippen LogP) is 0.137. The van der Waals surface area contributed by atoms with E-state index < -0.39 is 5.91 Å². The van der Waals surface area contributed by atoms with Gasteiger partial charge in [-0.1, -0.05) is 6.08 Å². The van der Waals surface area contributed by atoms with Gasteiger partial charge in [0.25, 0.3) is 0 Å². The number of likely N-dealkylation sites (N-methyl/N-ethyl adjacent to an activating group) is 1. The Morgan fingerprint density at radius 2 is 2.14 bits per heavy atom. The van der Waals surface area contributed by atoms with Crippen LogP contribution in [0.2, 0.25) is 0 Å². The fraction of sp³-hybridized carbons (Fsp3) is 0.700. The first-order valence-electron chi connectivity index (χ1n) is 4.73. The zero-order chi connectivity index (χ0) is 10.8. The van der Waals surface area contributed by atoms with Crippen LogP contribution in [-0.2, 0) is 9.53 Å². The third kappa shape index (κ3) is 2.56. The van der Waals surface area contributed by atoms with Crippen molar-refractivity contribution in [3.8, 4) is 0 Å². The molecule has 1 saturated heterocycles. The smallest absolute Gasteiger partial charge is 0.241 e. The number of hydrogen-bond acceptors (Lipinski definition) is 3. The Morgan fingerprint density at radius 3 is 2.50 bits per heavy atom. The molecule has 1 aliphatic rings. The number of carbonyl (C=O) groups excluding carboxylic acids is 1. The first kappa shape index (κ1) is 11.2. The molecule has 14 heavy (non-hydrogen) atoms. The first-order chi connectivity index (χ1) is 6.43. The van der Waals surface area contributed by atoms with Gasteiger partial charge in [0.2, 0.25) is 5.91 Å². The van der Waals surface area contributed by atoms with Gasteiger partial charge < -0.3 is 10.5 Å². The van der Waals surface area contributed by atoms with E-state index in [1.807, 2.05) is 27.0 Å². The Hall–Kier alpha value is -0.870. The molecule has 1 heterocycles. The van der Waals surface area contributed by atoms with Gasteiger partial charge in [0, 0.05) is 11.6 Å². The fourth-order valence-electron chi connectivity index (χ4n) is 1.32. The average molecular weight is 198 g/mol. The van der Waals surface area contributed by atoms with E-state index in [9.17, 15) is 4.79 Å². The summed E-state index contributed by atoms with van der Waals surface area (Å²) in [7, 11) is 2.03. The number of rotatable bonds is 4. The zero-order valence-corrected chi connectivity index (χ0v) is 8.99. The van der Waals surface area contributed by atoms with Crippen LogP contribution in [0.3, 0.4) is 0 Å². The van der Waals surface area contributed by atoms with E-state index in [1.165, 1.54) is 6.08 Å². The normalized spacial score (nSPS) is 18.9. The van der Waals surface area contributed by atoms with Crippen LogP contribution in [0.5, 0.6) is 0 Å². The summed E-state index contributed by atoms with van der Waals surface area (Å²) in [5.41, 5.74) is 4.89. The van der Waals surface area contributed by atoms with Crippen molar-refractivity contribution in [3.63, 3.8) is 0 Å². The third-order valence-electron chi connectivity index (χ3n) is 2.73. The maximum Gasteiger partial charge on any atom is 0.241 e. The maximum atomic E-state index is 10.6. The van der Waals surface area contributed by atoms with E-state index in [-0.39, 0.29) is 5.54 Å². The zero-order valence-electron chi connectivity index (χ0n) is 8.99. The van der Waals surface area contributed by atoms with Gasteiger partial charge in [0.15, 0.2) is 0 Å². The number of primary amides is 1. The maximum absolute atomic E-state index is 10.6. The van der Waals surface area contributed by atoms with Crippen LogP contribution in [0.15, 0.2) is 12.2 Å². The highest BCUT2D eigenvalue weighted by Gasteiger charge is 2.31. The standard InChI is InChI=1S/C10H18N2O2/c1-10(2,5-4-9(11)13)12(3)8-6-14-7-8/h4-5,8H,6-7H2,1-3H3,(H2,11,13). The van der Waals surface area contributed by atoms with E-state index >= 15 is 0 Å². The Balaban J connectivity index is 2.57. The molecule has 0 aliphatic carbocycles. The van der Waals surface area contributed by atoms with Crippen molar-refractivity contribution in [2.45, 2.75) is 25.4 Å². The molecule has 0 aromatic heterocycles. The average Bonchev–Trinajstić information content (AvgIpc) is 1.98. The molecule has 2 N–H and O–H groups in total. The summed E-state index contributed by atoms with van der Waals surface area (Å²) in [4.78, 5) is 12.8. The molecule has 0 saturated carbocycles. The van der Waals surface area contributed by atoms with Gasteiger partial charge in [-0.15, -0.1) is 0 Å². The summed E-state index contributed by atoms with van der Waals surface area (Å²) in [6.45, 7) is 5.63. The van der Waals surface area contributed by atoms with Crippen LogP contribution < -0.4 is 5.73 Å². The molecule has 0 radical (unpaired) electrons. The second-order valence-electron chi connectivity index (χ2n) is 4.19. The van der Waals surface area contributed by atoms with Crippen LogP contribution in [0.4, 0.5) is 0 Å². The van der Waals surface area contributed by atoms with Crippen molar-refractivity contribution in [2.75, 3.05) is 20.3 Å². The largest absolute Gasteiger partial charge is 0.378 e. The molecule has 1 rings (SSSR count). The van der Waals surface area contributed by atoms with Crippen LogP contribution in [0, 0.1) is 0 Å². The number of nitrogens with two attached hydrogens (primary N) is 1. The van der Waals surface area contributed by atoms with E-state index in [2.05, 4.69) is 4.90 Å². The monoisotopic (exact) mass is 198 g/mol. The molecule has 1 amide bonds. The number of amides is 1. The molecule has 1 aliphatic heterocycles. The summed E-state index contributed by atoms with van der Waals surface area (Å²) in [5.74, 6) is -0.406.